The standard InChI is InChI=1S/C14H20FNO3/c1-3-16-13(9-14-18-6-7-19-14)11-5-4-10(17-2)8-12(11)15/h4-5,8,13-14,16H,3,6-7,9H2,1-2H3. The smallest absolute Gasteiger partial charge is 0.159 e. The number of nitrogens with one attached hydrogen (secondary N) is 1. The molecule has 0 amide bonds. The molecule has 0 saturated carbocycles. The van der Waals surface area contributed by atoms with Crippen LogP contribution in [0.15, 0.2) is 18.2 Å². The van der Waals surface area contributed by atoms with E-state index in [0.29, 0.717) is 30.9 Å². The van der Waals surface area contributed by atoms with E-state index in [0.717, 1.165) is 6.54 Å². The summed E-state index contributed by atoms with van der Waals surface area (Å²) in [5.41, 5.74) is 0.613. The second-order valence-electron chi connectivity index (χ2n) is 4.40. The first-order valence-corrected chi connectivity index (χ1v) is 6.54. The quantitative estimate of drug-likeness (QED) is 0.860. The molecule has 1 aliphatic heterocycles. The molecule has 4 nitrogen and oxygen atoms in total. The predicted molar refractivity (Wildman–Crippen MR) is 69.7 cm³/mol. The van der Waals surface area contributed by atoms with Gasteiger partial charge in [-0.1, -0.05) is 13.0 Å². The van der Waals surface area contributed by atoms with Crippen molar-refractivity contribution < 1.29 is 18.6 Å². The van der Waals surface area contributed by atoms with Gasteiger partial charge < -0.3 is 19.5 Å². The van der Waals surface area contributed by atoms with E-state index in [9.17, 15) is 4.39 Å². The zero-order valence-electron chi connectivity index (χ0n) is 11.3. The molecule has 1 saturated heterocycles. The summed E-state index contributed by atoms with van der Waals surface area (Å²) in [6.45, 7) is 3.96. The van der Waals surface area contributed by atoms with Crippen molar-refractivity contribution in [2.24, 2.45) is 0 Å². The number of ether oxygens (including phenoxy) is 3. The summed E-state index contributed by atoms with van der Waals surface area (Å²) in [7, 11) is 1.52. The van der Waals surface area contributed by atoms with E-state index in [2.05, 4.69) is 5.32 Å². The van der Waals surface area contributed by atoms with Crippen molar-refractivity contribution in [2.75, 3.05) is 26.9 Å². The van der Waals surface area contributed by atoms with E-state index in [4.69, 9.17) is 14.2 Å². The fraction of sp³-hybridized carbons (Fsp3) is 0.571. The average molecular weight is 269 g/mol. The second kappa shape index (κ2) is 6.84. The maximum absolute atomic E-state index is 14.1. The monoisotopic (exact) mass is 269 g/mol. The van der Waals surface area contributed by atoms with Crippen LogP contribution in [-0.2, 0) is 9.47 Å². The first kappa shape index (κ1) is 14.2. The average Bonchev–Trinajstić information content (AvgIpc) is 2.91. The lowest BCUT2D eigenvalue weighted by Crippen LogP contribution is -2.26. The normalized spacial score (nSPS) is 17.6. The van der Waals surface area contributed by atoms with Crippen LogP contribution >= 0.6 is 0 Å². The van der Waals surface area contributed by atoms with Gasteiger partial charge in [-0.2, -0.15) is 0 Å². The van der Waals surface area contributed by atoms with Crippen LogP contribution in [0.5, 0.6) is 5.75 Å². The van der Waals surface area contributed by atoms with Crippen molar-refractivity contribution in [3.8, 4) is 5.75 Å². The summed E-state index contributed by atoms with van der Waals surface area (Å²) in [5.74, 6) is 0.244. The van der Waals surface area contributed by atoms with Gasteiger partial charge in [-0.15, -0.1) is 0 Å². The third-order valence-corrected chi connectivity index (χ3v) is 3.15. The summed E-state index contributed by atoms with van der Waals surface area (Å²) in [5, 5.41) is 3.26. The van der Waals surface area contributed by atoms with E-state index in [1.165, 1.54) is 13.2 Å². The molecule has 1 aliphatic rings. The second-order valence-corrected chi connectivity index (χ2v) is 4.40. The summed E-state index contributed by atoms with van der Waals surface area (Å²) in [6, 6.07) is 4.78. The first-order chi connectivity index (χ1) is 9.24. The number of hydrogen-bond donors (Lipinski definition) is 1. The lowest BCUT2D eigenvalue weighted by atomic mass is 10.0. The fourth-order valence-corrected chi connectivity index (χ4v) is 2.22. The summed E-state index contributed by atoms with van der Waals surface area (Å²) in [6.07, 6.45) is 0.336. The molecular formula is C14H20FNO3. The van der Waals surface area contributed by atoms with Gasteiger partial charge in [0.05, 0.1) is 20.3 Å². The van der Waals surface area contributed by atoms with Gasteiger partial charge in [0.1, 0.15) is 11.6 Å². The van der Waals surface area contributed by atoms with E-state index < -0.39 is 0 Å². The Morgan fingerprint density at radius 2 is 2.16 bits per heavy atom. The fourth-order valence-electron chi connectivity index (χ4n) is 2.22. The number of halogens is 1. The lowest BCUT2D eigenvalue weighted by molar-refractivity contribution is -0.0531. The third kappa shape index (κ3) is 3.65. The first-order valence-electron chi connectivity index (χ1n) is 6.54. The molecule has 106 valence electrons. The Hall–Kier alpha value is -1.17. The minimum Gasteiger partial charge on any atom is -0.497 e. The van der Waals surface area contributed by atoms with Crippen LogP contribution < -0.4 is 10.1 Å². The Kier molecular flexibility index (Phi) is 5.13. The molecule has 1 atom stereocenters. The number of hydrogen-bond acceptors (Lipinski definition) is 4. The van der Waals surface area contributed by atoms with Gasteiger partial charge in [-0.3, -0.25) is 0 Å². The zero-order chi connectivity index (χ0) is 13.7. The predicted octanol–water partition coefficient (Wildman–Crippen LogP) is 2.25. The highest BCUT2D eigenvalue weighted by molar-refractivity contribution is 5.30. The molecule has 1 aromatic rings. The van der Waals surface area contributed by atoms with Crippen LogP contribution in [0.1, 0.15) is 24.9 Å². The summed E-state index contributed by atoms with van der Waals surface area (Å²) >= 11 is 0. The highest BCUT2D eigenvalue weighted by Crippen LogP contribution is 2.27. The van der Waals surface area contributed by atoms with Crippen molar-refractivity contribution >= 4 is 0 Å². The Balaban J connectivity index is 2.12. The Bertz CT molecular complexity index is 408. The largest absolute Gasteiger partial charge is 0.497 e. The molecule has 1 heterocycles. The number of methoxy groups -OCH3 is 1. The van der Waals surface area contributed by atoms with Crippen molar-refractivity contribution in [3.63, 3.8) is 0 Å². The Morgan fingerprint density at radius 3 is 2.74 bits per heavy atom. The van der Waals surface area contributed by atoms with Crippen molar-refractivity contribution in [3.05, 3.63) is 29.6 Å². The van der Waals surface area contributed by atoms with Gasteiger partial charge in [-0.05, 0) is 12.6 Å². The molecular weight excluding hydrogens is 249 g/mol. The Morgan fingerprint density at radius 1 is 1.42 bits per heavy atom. The van der Waals surface area contributed by atoms with Gasteiger partial charge in [0.25, 0.3) is 0 Å². The van der Waals surface area contributed by atoms with Gasteiger partial charge >= 0.3 is 0 Å². The van der Waals surface area contributed by atoms with E-state index in [1.54, 1.807) is 12.1 Å². The van der Waals surface area contributed by atoms with Gasteiger partial charge in [0.15, 0.2) is 6.29 Å². The highest BCUT2D eigenvalue weighted by atomic mass is 19.1. The number of benzene rings is 1. The molecule has 0 radical (unpaired) electrons. The Labute approximate surface area is 112 Å². The van der Waals surface area contributed by atoms with Crippen LogP contribution in [0.2, 0.25) is 0 Å². The topological polar surface area (TPSA) is 39.7 Å². The summed E-state index contributed by atoms with van der Waals surface area (Å²) in [4.78, 5) is 0. The molecule has 1 unspecified atom stereocenters. The highest BCUT2D eigenvalue weighted by Gasteiger charge is 2.24. The van der Waals surface area contributed by atoms with Crippen LogP contribution in [0.3, 0.4) is 0 Å². The van der Waals surface area contributed by atoms with Gasteiger partial charge in [0.2, 0.25) is 0 Å². The van der Waals surface area contributed by atoms with Crippen molar-refractivity contribution in [1.82, 2.24) is 5.32 Å². The molecule has 0 bridgehead atoms. The van der Waals surface area contributed by atoms with E-state index >= 15 is 0 Å². The van der Waals surface area contributed by atoms with E-state index in [-0.39, 0.29) is 18.1 Å². The van der Waals surface area contributed by atoms with Gasteiger partial charge in [-0.25, -0.2) is 4.39 Å². The molecule has 0 aromatic heterocycles. The van der Waals surface area contributed by atoms with Crippen LogP contribution in [0, 0.1) is 5.82 Å². The van der Waals surface area contributed by atoms with E-state index in [1.807, 2.05) is 6.92 Å². The molecule has 1 aromatic carbocycles. The van der Waals surface area contributed by atoms with Crippen molar-refractivity contribution in [2.45, 2.75) is 25.7 Å². The third-order valence-electron chi connectivity index (χ3n) is 3.15. The SMILES string of the molecule is CCNC(CC1OCCO1)c1ccc(OC)cc1F. The molecule has 1 fully saturated rings. The molecule has 19 heavy (non-hydrogen) atoms. The van der Waals surface area contributed by atoms with Crippen LogP contribution in [0.25, 0.3) is 0 Å². The lowest BCUT2D eigenvalue weighted by Gasteiger charge is -2.21. The van der Waals surface area contributed by atoms with Crippen molar-refractivity contribution in [1.29, 1.82) is 0 Å². The maximum atomic E-state index is 14.1. The minimum absolute atomic E-state index is 0.126. The zero-order valence-corrected chi connectivity index (χ0v) is 11.3. The van der Waals surface area contributed by atoms with Crippen LogP contribution in [0.4, 0.5) is 4.39 Å². The molecule has 1 N–H and O–H groups in total. The molecule has 0 spiro atoms. The molecule has 5 heteroatoms. The molecule has 0 aliphatic carbocycles. The van der Waals surface area contributed by atoms with Gasteiger partial charge in [0, 0.05) is 24.1 Å². The maximum Gasteiger partial charge on any atom is 0.159 e. The summed E-state index contributed by atoms with van der Waals surface area (Å²) < 4.78 is 29.9. The minimum atomic E-state index is -0.275. The van der Waals surface area contributed by atoms with Crippen LogP contribution in [-0.4, -0.2) is 33.2 Å². The molecule has 2 rings (SSSR count). The number of rotatable bonds is 6.